The number of amides is 2. The second-order valence-electron chi connectivity index (χ2n) is 7.41. The minimum Gasteiger partial charge on any atom is -0.384 e. The molecule has 2 amide bonds. The van der Waals surface area contributed by atoms with Crippen molar-refractivity contribution in [2.75, 3.05) is 33.4 Å². The number of methoxy groups -OCH3 is 1. The molecule has 2 fully saturated rings. The van der Waals surface area contributed by atoms with Gasteiger partial charge in [0.25, 0.3) is 0 Å². The van der Waals surface area contributed by atoms with Crippen molar-refractivity contribution in [2.45, 2.75) is 58.4 Å². The van der Waals surface area contributed by atoms with E-state index in [9.17, 15) is 9.59 Å². The van der Waals surface area contributed by atoms with Crippen LogP contribution in [-0.4, -0.2) is 61.0 Å². The van der Waals surface area contributed by atoms with Crippen LogP contribution in [0.3, 0.4) is 0 Å². The first-order chi connectivity index (χ1) is 11.0. The van der Waals surface area contributed by atoms with Crippen LogP contribution in [0.2, 0.25) is 0 Å². The molecule has 0 aromatic rings. The summed E-state index contributed by atoms with van der Waals surface area (Å²) in [5.41, 5.74) is 0. The minimum absolute atomic E-state index is 0.157. The quantitative estimate of drug-likeness (QED) is 0.753. The zero-order chi connectivity index (χ0) is 16.8. The Kier molecular flexibility index (Phi) is 6.88. The Morgan fingerprint density at radius 1 is 1.22 bits per heavy atom. The standard InChI is InChI=1S/C18H32N2O3/c1-14(2)12-16(20-9-5-4-6-17(20)21)18(22)19-10-7-15(8-11-19)13-23-3/h14-16H,4-13H2,1-3H3. The number of carbonyl (C=O) groups excluding carboxylic acids is 2. The molecule has 0 aliphatic carbocycles. The van der Waals surface area contributed by atoms with Gasteiger partial charge in [-0.1, -0.05) is 13.8 Å². The second-order valence-corrected chi connectivity index (χ2v) is 7.41. The normalized spacial score (nSPS) is 21.8. The van der Waals surface area contributed by atoms with Gasteiger partial charge in [0.2, 0.25) is 11.8 Å². The molecule has 23 heavy (non-hydrogen) atoms. The molecule has 0 bridgehead atoms. The number of carbonyl (C=O) groups is 2. The summed E-state index contributed by atoms with van der Waals surface area (Å²) in [4.78, 5) is 29.2. The number of ether oxygens (including phenoxy) is 1. The van der Waals surface area contributed by atoms with E-state index >= 15 is 0 Å². The fraction of sp³-hybridized carbons (Fsp3) is 0.889. The Balaban J connectivity index is 2.00. The fourth-order valence-corrected chi connectivity index (χ4v) is 3.73. The van der Waals surface area contributed by atoms with E-state index in [2.05, 4.69) is 13.8 Å². The van der Waals surface area contributed by atoms with E-state index in [0.29, 0.717) is 18.3 Å². The lowest BCUT2D eigenvalue weighted by atomic mass is 9.94. The van der Waals surface area contributed by atoms with Gasteiger partial charge < -0.3 is 14.5 Å². The van der Waals surface area contributed by atoms with Crippen LogP contribution in [0.25, 0.3) is 0 Å². The van der Waals surface area contributed by atoms with Crippen LogP contribution in [0.15, 0.2) is 0 Å². The summed E-state index contributed by atoms with van der Waals surface area (Å²) in [6.45, 7) is 7.36. The maximum atomic E-state index is 13.0. The number of likely N-dealkylation sites (tertiary alicyclic amines) is 2. The molecular weight excluding hydrogens is 292 g/mol. The SMILES string of the molecule is COCC1CCN(C(=O)C(CC(C)C)N2CCCCC2=O)CC1. The van der Waals surface area contributed by atoms with Crippen molar-refractivity contribution in [2.24, 2.45) is 11.8 Å². The number of hydrogen-bond donors (Lipinski definition) is 0. The number of rotatable bonds is 6. The van der Waals surface area contributed by atoms with Crippen LogP contribution in [0.5, 0.6) is 0 Å². The Bertz CT molecular complexity index is 403. The summed E-state index contributed by atoms with van der Waals surface area (Å²) in [6.07, 6.45) is 5.34. The molecule has 0 N–H and O–H groups in total. The van der Waals surface area contributed by atoms with Crippen LogP contribution >= 0.6 is 0 Å². The van der Waals surface area contributed by atoms with Crippen molar-refractivity contribution in [1.82, 2.24) is 9.80 Å². The zero-order valence-electron chi connectivity index (χ0n) is 14.9. The monoisotopic (exact) mass is 324 g/mol. The molecule has 132 valence electrons. The molecule has 0 aromatic heterocycles. The van der Waals surface area contributed by atoms with E-state index in [1.807, 2.05) is 9.80 Å². The largest absolute Gasteiger partial charge is 0.384 e. The molecule has 2 heterocycles. The molecule has 2 saturated heterocycles. The van der Waals surface area contributed by atoms with Gasteiger partial charge >= 0.3 is 0 Å². The highest BCUT2D eigenvalue weighted by molar-refractivity contribution is 5.88. The average Bonchev–Trinajstić information content (AvgIpc) is 2.54. The third kappa shape index (κ3) is 4.93. The van der Waals surface area contributed by atoms with Gasteiger partial charge in [-0.15, -0.1) is 0 Å². The van der Waals surface area contributed by atoms with Gasteiger partial charge in [0, 0.05) is 39.8 Å². The Hall–Kier alpha value is -1.10. The first kappa shape index (κ1) is 18.2. The highest BCUT2D eigenvalue weighted by atomic mass is 16.5. The summed E-state index contributed by atoms with van der Waals surface area (Å²) < 4.78 is 5.23. The Morgan fingerprint density at radius 3 is 2.48 bits per heavy atom. The summed E-state index contributed by atoms with van der Waals surface area (Å²) >= 11 is 0. The predicted octanol–water partition coefficient (Wildman–Crippen LogP) is 2.30. The number of piperidine rings is 2. The molecule has 5 nitrogen and oxygen atoms in total. The summed E-state index contributed by atoms with van der Waals surface area (Å²) in [5.74, 6) is 1.28. The smallest absolute Gasteiger partial charge is 0.245 e. The second kappa shape index (κ2) is 8.67. The van der Waals surface area contributed by atoms with E-state index in [4.69, 9.17) is 4.74 Å². The van der Waals surface area contributed by atoms with E-state index in [1.54, 1.807) is 7.11 Å². The summed E-state index contributed by atoms with van der Waals surface area (Å²) in [5, 5.41) is 0. The molecule has 0 radical (unpaired) electrons. The van der Waals surface area contributed by atoms with Crippen molar-refractivity contribution in [1.29, 1.82) is 0 Å². The van der Waals surface area contributed by atoms with Gasteiger partial charge in [0.05, 0.1) is 0 Å². The lowest BCUT2D eigenvalue weighted by Crippen LogP contribution is -2.54. The molecule has 5 heteroatoms. The molecule has 1 atom stereocenters. The minimum atomic E-state index is -0.262. The van der Waals surface area contributed by atoms with Gasteiger partial charge in [0.15, 0.2) is 0 Å². The molecule has 1 unspecified atom stereocenters. The van der Waals surface area contributed by atoms with Crippen molar-refractivity contribution in [3.63, 3.8) is 0 Å². The van der Waals surface area contributed by atoms with Crippen LogP contribution in [-0.2, 0) is 14.3 Å². The molecule has 2 rings (SSSR count). The van der Waals surface area contributed by atoms with Gasteiger partial charge in [0.1, 0.15) is 6.04 Å². The van der Waals surface area contributed by atoms with Crippen molar-refractivity contribution in [3.8, 4) is 0 Å². The van der Waals surface area contributed by atoms with Crippen LogP contribution < -0.4 is 0 Å². The van der Waals surface area contributed by atoms with Crippen molar-refractivity contribution >= 4 is 11.8 Å². The molecule has 2 aliphatic heterocycles. The maximum Gasteiger partial charge on any atom is 0.245 e. The third-order valence-electron chi connectivity index (χ3n) is 5.04. The topological polar surface area (TPSA) is 49.9 Å². The van der Waals surface area contributed by atoms with Crippen molar-refractivity contribution in [3.05, 3.63) is 0 Å². The molecule has 0 spiro atoms. The van der Waals surface area contributed by atoms with Crippen LogP contribution in [0.1, 0.15) is 52.4 Å². The molecule has 0 saturated carbocycles. The van der Waals surface area contributed by atoms with Crippen molar-refractivity contribution < 1.29 is 14.3 Å². The first-order valence-electron chi connectivity index (χ1n) is 9.10. The maximum absolute atomic E-state index is 13.0. The van der Waals surface area contributed by atoms with Gasteiger partial charge in [-0.05, 0) is 43.9 Å². The van der Waals surface area contributed by atoms with E-state index in [-0.39, 0.29) is 17.9 Å². The molecule has 2 aliphatic rings. The van der Waals surface area contributed by atoms with Crippen LogP contribution in [0, 0.1) is 11.8 Å². The number of nitrogens with zero attached hydrogens (tertiary/aromatic N) is 2. The molecular formula is C18H32N2O3. The van der Waals surface area contributed by atoms with E-state index in [1.165, 1.54) is 0 Å². The Labute approximate surface area is 140 Å². The average molecular weight is 324 g/mol. The van der Waals surface area contributed by atoms with Gasteiger partial charge in [-0.2, -0.15) is 0 Å². The lowest BCUT2D eigenvalue weighted by molar-refractivity contribution is -0.149. The lowest BCUT2D eigenvalue weighted by Gasteiger charge is -2.39. The van der Waals surface area contributed by atoms with E-state index < -0.39 is 0 Å². The van der Waals surface area contributed by atoms with Gasteiger partial charge in [-0.25, -0.2) is 0 Å². The fourth-order valence-electron chi connectivity index (χ4n) is 3.73. The zero-order valence-corrected chi connectivity index (χ0v) is 14.9. The number of hydrogen-bond acceptors (Lipinski definition) is 3. The first-order valence-corrected chi connectivity index (χ1v) is 9.10. The highest BCUT2D eigenvalue weighted by Gasteiger charge is 2.35. The Morgan fingerprint density at radius 2 is 1.91 bits per heavy atom. The van der Waals surface area contributed by atoms with E-state index in [0.717, 1.165) is 58.3 Å². The predicted molar refractivity (Wildman–Crippen MR) is 90.0 cm³/mol. The van der Waals surface area contributed by atoms with Crippen LogP contribution in [0.4, 0.5) is 0 Å². The summed E-state index contributed by atoms with van der Waals surface area (Å²) in [6, 6.07) is -0.262. The third-order valence-corrected chi connectivity index (χ3v) is 5.04. The van der Waals surface area contributed by atoms with Gasteiger partial charge in [-0.3, -0.25) is 9.59 Å². The summed E-state index contributed by atoms with van der Waals surface area (Å²) in [7, 11) is 1.73. The highest BCUT2D eigenvalue weighted by Crippen LogP contribution is 2.23. The molecule has 0 aromatic carbocycles.